The fourth-order valence-corrected chi connectivity index (χ4v) is 21.8. The summed E-state index contributed by atoms with van der Waals surface area (Å²) >= 11 is 18.6. The summed E-state index contributed by atoms with van der Waals surface area (Å²) in [6.07, 6.45) is 24.9. The van der Waals surface area contributed by atoms with Crippen molar-refractivity contribution in [3.05, 3.63) is 152 Å². The van der Waals surface area contributed by atoms with Gasteiger partial charge >= 0.3 is 0 Å². The molecule has 4 nitrogen and oxygen atoms in total. The van der Waals surface area contributed by atoms with Gasteiger partial charge in [-0.25, -0.2) is 19.9 Å². The molecule has 0 saturated carbocycles. The van der Waals surface area contributed by atoms with E-state index in [1.54, 1.807) is 22.7 Å². The van der Waals surface area contributed by atoms with Crippen LogP contribution < -0.4 is 0 Å². The molecular weight excluding hydrogens is 1270 g/mol. The van der Waals surface area contributed by atoms with Crippen LogP contribution in [0.2, 0.25) is 0 Å². The number of fused-ring (bicyclic) bond motifs is 2. The lowest BCUT2D eigenvalue weighted by atomic mass is 10.00. The van der Waals surface area contributed by atoms with Crippen molar-refractivity contribution in [1.29, 1.82) is 0 Å². The number of aryl methyl sites for hydroxylation is 4. The molecule has 0 bridgehead atoms. The zero-order valence-corrected chi connectivity index (χ0v) is 58.9. The lowest BCUT2D eigenvalue weighted by Gasteiger charge is -2.18. The van der Waals surface area contributed by atoms with Gasteiger partial charge in [-0.3, -0.25) is 0 Å². The van der Waals surface area contributed by atoms with Crippen LogP contribution in [0, 0.1) is 0 Å². The molecule has 1 aromatic carbocycles. The molecule has 12 aromatic heterocycles. The Labute approximate surface area is 559 Å². The van der Waals surface area contributed by atoms with Gasteiger partial charge in [-0.05, 0) is 171 Å². The van der Waals surface area contributed by atoms with E-state index in [-0.39, 0.29) is 0 Å². The minimum Gasteiger partial charge on any atom is -0.242 e. The maximum atomic E-state index is 6.04. The van der Waals surface area contributed by atoms with Crippen molar-refractivity contribution >= 4 is 135 Å². The number of unbranched alkanes of at least 4 members (excludes halogenated alkanes) is 12. The lowest BCUT2D eigenvalue weighted by molar-refractivity contribution is 0.670. The van der Waals surface area contributed by atoms with Crippen molar-refractivity contribution in [1.82, 2.24) is 19.9 Å². The average Bonchev–Trinajstić information content (AvgIpc) is 0.950. The Morgan fingerprint density at radius 3 is 0.716 bits per heavy atom. The third kappa shape index (κ3) is 13.9. The van der Waals surface area contributed by atoms with Gasteiger partial charge in [0.2, 0.25) is 0 Å². The van der Waals surface area contributed by atoms with Crippen molar-refractivity contribution in [3.63, 3.8) is 0 Å². The van der Waals surface area contributed by atoms with Crippen LogP contribution in [0.15, 0.2) is 132 Å². The van der Waals surface area contributed by atoms with Crippen LogP contribution in [-0.4, -0.2) is 19.9 Å². The van der Waals surface area contributed by atoms with Gasteiger partial charge in [0.1, 0.15) is 44.8 Å². The molecular formula is C74H74N4S10. The molecule has 88 heavy (non-hydrogen) atoms. The monoisotopic (exact) mass is 1340 g/mol. The molecule has 13 rings (SSSR count). The van der Waals surface area contributed by atoms with Crippen molar-refractivity contribution in [2.75, 3.05) is 0 Å². The van der Waals surface area contributed by atoms with Gasteiger partial charge in [-0.1, -0.05) is 117 Å². The van der Waals surface area contributed by atoms with E-state index in [0.29, 0.717) is 0 Å². The molecule has 450 valence electrons. The molecule has 0 amide bonds. The quantitative estimate of drug-likeness (QED) is 0.0333. The molecule has 0 aliphatic heterocycles. The number of rotatable bonds is 30. The van der Waals surface area contributed by atoms with Crippen molar-refractivity contribution in [2.45, 2.75) is 156 Å². The molecule has 0 N–H and O–H groups in total. The summed E-state index contributed by atoms with van der Waals surface area (Å²) in [4.78, 5) is 47.0. The number of nitrogens with zero attached hydrogens (tertiary/aromatic N) is 4. The van der Waals surface area contributed by atoms with Gasteiger partial charge in [-0.2, -0.15) is 0 Å². The highest BCUT2D eigenvalue weighted by atomic mass is 32.1. The Kier molecular flexibility index (Phi) is 20.7. The second-order valence-corrected chi connectivity index (χ2v) is 33.8. The van der Waals surface area contributed by atoms with E-state index in [9.17, 15) is 0 Å². The zero-order valence-electron chi connectivity index (χ0n) is 50.7. The van der Waals surface area contributed by atoms with Gasteiger partial charge in [-0.15, -0.1) is 113 Å². The van der Waals surface area contributed by atoms with Crippen LogP contribution >= 0.6 is 113 Å². The van der Waals surface area contributed by atoms with Crippen LogP contribution in [0.3, 0.4) is 0 Å². The molecule has 14 heteroatoms. The minimum absolute atomic E-state index is 0.854. The van der Waals surface area contributed by atoms with E-state index >= 15 is 0 Å². The standard InChI is InChI=1S/C74H74N4S10/c1-5-9-13-17-23-47-29-33-51(81-47)55-37-41-61(85-55)67-68(62-42-38-56(86-62)52-34-30-48(82-52)24-18-14-10-6-2)76-72-66(60-28-22-46-80-60)74-73(65(71(72)75-67)59-27-21-45-79-59)77-69(63-43-39-57(87-63)53-35-31-49(83-53)25-19-15-11-7-3)70(78-74)64-44-40-58(88-64)54-36-32-50(84-54)26-20-16-12-8-4/h21-22,27-46H,5-20,23-26H2,1-4H3. The highest BCUT2D eigenvalue weighted by Gasteiger charge is 2.29. The van der Waals surface area contributed by atoms with Gasteiger partial charge in [0.15, 0.2) is 0 Å². The fraction of sp³-hybridized carbons (Fsp3) is 0.324. The number of hydrogen-bond acceptors (Lipinski definition) is 14. The number of aromatic nitrogens is 4. The molecule has 0 radical (unpaired) electrons. The van der Waals surface area contributed by atoms with E-state index in [1.165, 1.54) is 161 Å². The van der Waals surface area contributed by atoms with Crippen LogP contribution in [0.1, 0.15) is 150 Å². The molecule has 0 saturated heterocycles. The maximum absolute atomic E-state index is 6.04. The first-order valence-electron chi connectivity index (χ1n) is 31.9. The van der Waals surface area contributed by atoms with E-state index in [1.807, 2.05) is 90.7 Å². The largest absolute Gasteiger partial charge is 0.242 e. The van der Waals surface area contributed by atoms with E-state index in [4.69, 9.17) is 19.9 Å². The molecule has 0 spiro atoms. The Bertz CT molecular complexity index is 3850. The van der Waals surface area contributed by atoms with Gasteiger partial charge in [0, 0.05) is 79.4 Å². The van der Waals surface area contributed by atoms with Crippen LogP contribution in [-0.2, 0) is 25.7 Å². The molecule has 0 fully saturated rings. The van der Waals surface area contributed by atoms with Gasteiger partial charge < -0.3 is 0 Å². The summed E-state index contributed by atoms with van der Waals surface area (Å²) in [5.41, 5.74) is 9.01. The van der Waals surface area contributed by atoms with Crippen LogP contribution in [0.4, 0.5) is 0 Å². The number of thiophene rings is 10. The molecule has 0 aliphatic rings. The van der Waals surface area contributed by atoms with Crippen molar-refractivity contribution < 1.29 is 0 Å². The smallest absolute Gasteiger partial charge is 0.108 e. The van der Waals surface area contributed by atoms with Gasteiger partial charge in [0.05, 0.1) is 19.5 Å². The second-order valence-electron chi connectivity index (χ2n) is 22.9. The Morgan fingerprint density at radius 2 is 0.477 bits per heavy atom. The van der Waals surface area contributed by atoms with Crippen molar-refractivity contribution in [3.8, 4) is 102 Å². The maximum Gasteiger partial charge on any atom is 0.108 e. The summed E-state index contributed by atoms with van der Waals surface area (Å²) in [5, 5.41) is 4.37. The third-order valence-corrected chi connectivity index (χ3v) is 27.9. The lowest BCUT2D eigenvalue weighted by Crippen LogP contribution is -2.02. The predicted octanol–water partition coefficient (Wildman–Crippen LogP) is 27.3. The average molecular weight is 1340 g/mol. The molecule has 0 unspecified atom stereocenters. The first kappa shape index (κ1) is 61.7. The normalized spacial score (nSPS) is 11.9. The minimum atomic E-state index is 0.854. The summed E-state index contributed by atoms with van der Waals surface area (Å²) in [7, 11) is 0. The predicted molar refractivity (Wildman–Crippen MR) is 397 cm³/mol. The number of benzene rings is 1. The molecule has 13 aromatic rings. The fourth-order valence-electron chi connectivity index (χ4n) is 11.7. The second kappa shape index (κ2) is 29.5. The first-order chi connectivity index (χ1) is 43.4. The Balaban J connectivity index is 1.01. The van der Waals surface area contributed by atoms with Crippen LogP contribution in [0.25, 0.3) is 124 Å². The first-order valence-corrected chi connectivity index (χ1v) is 40.2. The van der Waals surface area contributed by atoms with Gasteiger partial charge in [0.25, 0.3) is 0 Å². The van der Waals surface area contributed by atoms with E-state index in [0.717, 1.165) is 111 Å². The summed E-state index contributed by atoms with van der Waals surface area (Å²) in [5.74, 6) is 0. The summed E-state index contributed by atoms with van der Waals surface area (Å²) < 4.78 is 0. The highest BCUT2D eigenvalue weighted by molar-refractivity contribution is 7.26. The zero-order chi connectivity index (χ0) is 59.8. The topological polar surface area (TPSA) is 51.6 Å². The summed E-state index contributed by atoms with van der Waals surface area (Å²) in [6, 6.07) is 46.0. The summed E-state index contributed by atoms with van der Waals surface area (Å²) in [6.45, 7) is 9.16. The molecule has 0 atom stereocenters. The van der Waals surface area contributed by atoms with Crippen LogP contribution in [0.5, 0.6) is 0 Å². The molecule has 0 aliphatic carbocycles. The van der Waals surface area contributed by atoms with E-state index in [2.05, 4.69) is 160 Å². The SMILES string of the molecule is CCCCCCc1ccc(-c2ccc(-c3nc4c(-c5cccs5)c5nc(-c6ccc(-c7ccc(CCCCCC)s7)s6)c(-c6ccc(-c7ccc(CCCCCC)s7)s6)nc5c(-c5cccs5)c4nc3-c3ccc(-c4ccc(CCCCCC)s4)s3)s2)s1. The van der Waals surface area contributed by atoms with Crippen molar-refractivity contribution in [2.24, 2.45) is 0 Å². The Hall–Kier alpha value is -5.10. The Morgan fingerprint density at radius 1 is 0.239 bits per heavy atom. The third-order valence-electron chi connectivity index (χ3n) is 16.4. The molecule has 12 heterocycles. The number of hydrogen-bond donors (Lipinski definition) is 0. The highest BCUT2D eigenvalue weighted by Crippen LogP contribution is 2.51. The van der Waals surface area contributed by atoms with E-state index < -0.39 is 0 Å².